The van der Waals surface area contributed by atoms with Crippen molar-refractivity contribution >= 4 is 43.6 Å². The van der Waals surface area contributed by atoms with Gasteiger partial charge < -0.3 is 4.74 Å². The highest BCUT2D eigenvalue weighted by molar-refractivity contribution is 9.11. The molecule has 0 spiro atoms. The van der Waals surface area contributed by atoms with Crippen molar-refractivity contribution in [1.29, 1.82) is 0 Å². The molecule has 0 saturated heterocycles. The average Bonchev–Trinajstić information content (AvgIpc) is 2.56. The second-order valence-corrected chi connectivity index (χ2v) is 8.37. The molecule has 0 aromatic heterocycles. The van der Waals surface area contributed by atoms with Crippen LogP contribution >= 0.6 is 43.6 Å². The van der Waals surface area contributed by atoms with Gasteiger partial charge in [0.05, 0.1) is 4.47 Å². The molecule has 4 heteroatoms. The molecule has 24 heavy (non-hydrogen) atoms. The molecule has 0 bridgehead atoms. The standard InChI is InChI=1S/C20H16Br2OS/c1-13-3-7-15(8-4-13)23-19-11-18(22)20(12-17(19)21)24-16-9-5-14(2)6-10-16/h3-12H,1-2H3. The molecule has 3 aromatic rings. The summed E-state index contributed by atoms with van der Waals surface area (Å²) >= 11 is 9.00. The van der Waals surface area contributed by atoms with E-state index in [4.69, 9.17) is 4.74 Å². The summed E-state index contributed by atoms with van der Waals surface area (Å²) in [5.41, 5.74) is 2.48. The van der Waals surface area contributed by atoms with Crippen molar-refractivity contribution in [2.45, 2.75) is 23.6 Å². The summed E-state index contributed by atoms with van der Waals surface area (Å²) in [5.74, 6) is 1.62. The van der Waals surface area contributed by atoms with E-state index in [2.05, 4.69) is 76.0 Å². The lowest BCUT2D eigenvalue weighted by molar-refractivity contribution is 0.478. The predicted molar refractivity (Wildman–Crippen MR) is 108 cm³/mol. The summed E-state index contributed by atoms with van der Waals surface area (Å²) < 4.78 is 7.92. The van der Waals surface area contributed by atoms with Gasteiger partial charge in [0.1, 0.15) is 11.5 Å². The molecule has 0 saturated carbocycles. The Balaban J connectivity index is 1.82. The monoisotopic (exact) mass is 462 g/mol. The average molecular weight is 464 g/mol. The van der Waals surface area contributed by atoms with E-state index >= 15 is 0 Å². The van der Waals surface area contributed by atoms with Crippen LogP contribution in [0.2, 0.25) is 0 Å². The Morgan fingerprint density at radius 2 is 1.33 bits per heavy atom. The van der Waals surface area contributed by atoms with E-state index in [1.807, 2.05) is 30.3 Å². The van der Waals surface area contributed by atoms with Crippen molar-refractivity contribution < 1.29 is 4.74 Å². The molecule has 1 nitrogen and oxygen atoms in total. The van der Waals surface area contributed by atoms with Gasteiger partial charge in [0, 0.05) is 14.3 Å². The lowest BCUT2D eigenvalue weighted by atomic mass is 10.2. The molecule has 0 N–H and O–H groups in total. The molecule has 0 heterocycles. The molecule has 0 unspecified atom stereocenters. The SMILES string of the molecule is Cc1ccc(Oc2cc(Br)c(Sc3ccc(C)cc3)cc2Br)cc1. The maximum Gasteiger partial charge on any atom is 0.142 e. The zero-order valence-electron chi connectivity index (χ0n) is 13.3. The Morgan fingerprint density at radius 3 is 1.96 bits per heavy atom. The molecular weight excluding hydrogens is 448 g/mol. The van der Waals surface area contributed by atoms with Crippen LogP contribution < -0.4 is 4.74 Å². The van der Waals surface area contributed by atoms with Gasteiger partial charge in [-0.1, -0.05) is 47.2 Å². The van der Waals surface area contributed by atoms with Gasteiger partial charge in [0.25, 0.3) is 0 Å². The molecule has 3 rings (SSSR count). The quantitative estimate of drug-likeness (QED) is 0.390. The summed E-state index contributed by atoms with van der Waals surface area (Å²) in [6.45, 7) is 4.16. The fourth-order valence-electron chi connectivity index (χ4n) is 2.13. The zero-order valence-corrected chi connectivity index (χ0v) is 17.3. The molecule has 3 aromatic carbocycles. The van der Waals surface area contributed by atoms with Crippen molar-refractivity contribution in [3.63, 3.8) is 0 Å². The van der Waals surface area contributed by atoms with Crippen LogP contribution in [0.3, 0.4) is 0 Å². The third-order valence-electron chi connectivity index (χ3n) is 3.48. The van der Waals surface area contributed by atoms with Gasteiger partial charge in [-0.05, 0) is 82.1 Å². The minimum Gasteiger partial charge on any atom is -0.456 e. The minimum atomic E-state index is 0.791. The van der Waals surface area contributed by atoms with Crippen molar-refractivity contribution in [2.24, 2.45) is 0 Å². The Hall–Kier alpha value is -1.23. The Morgan fingerprint density at radius 1 is 0.750 bits per heavy atom. The third kappa shape index (κ3) is 4.44. The molecule has 0 fully saturated rings. The van der Waals surface area contributed by atoms with Crippen LogP contribution in [0.5, 0.6) is 11.5 Å². The van der Waals surface area contributed by atoms with E-state index in [-0.39, 0.29) is 0 Å². The number of ether oxygens (including phenoxy) is 1. The highest BCUT2D eigenvalue weighted by atomic mass is 79.9. The van der Waals surface area contributed by atoms with Crippen LogP contribution in [0, 0.1) is 13.8 Å². The molecule has 122 valence electrons. The first-order valence-corrected chi connectivity index (χ1v) is 9.89. The molecule has 0 aliphatic carbocycles. The largest absolute Gasteiger partial charge is 0.456 e. The second kappa shape index (κ2) is 7.77. The molecule has 0 aliphatic heterocycles. The molecular formula is C20H16Br2OS. The predicted octanol–water partition coefficient (Wildman–Crippen LogP) is 7.77. The van der Waals surface area contributed by atoms with Crippen LogP contribution in [-0.4, -0.2) is 0 Å². The second-order valence-electron chi connectivity index (χ2n) is 5.54. The van der Waals surface area contributed by atoms with Gasteiger partial charge >= 0.3 is 0 Å². The number of halogens is 2. The first kappa shape index (κ1) is 17.6. The number of hydrogen-bond donors (Lipinski definition) is 0. The number of rotatable bonds is 4. The van der Waals surface area contributed by atoms with Crippen LogP contribution in [0.15, 0.2) is 79.4 Å². The van der Waals surface area contributed by atoms with Crippen LogP contribution in [0.4, 0.5) is 0 Å². The summed E-state index contributed by atoms with van der Waals surface area (Å²) in [6.07, 6.45) is 0. The highest BCUT2D eigenvalue weighted by Gasteiger charge is 2.10. The normalized spacial score (nSPS) is 10.7. The first-order chi connectivity index (χ1) is 11.5. The minimum absolute atomic E-state index is 0.791. The molecule has 0 radical (unpaired) electrons. The smallest absolute Gasteiger partial charge is 0.142 e. The summed E-state index contributed by atoms with van der Waals surface area (Å²) in [6, 6.07) is 20.6. The maximum absolute atomic E-state index is 5.98. The van der Waals surface area contributed by atoms with Gasteiger partial charge in [0.15, 0.2) is 0 Å². The van der Waals surface area contributed by atoms with Crippen LogP contribution in [0.25, 0.3) is 0 Å². The fraction of sp³-hybridized carbons (Fsp3) is 0.100. The van der Waals surface area contributed by atoms with E-state index in [0.717, 1.165) is 25.3 Å². The van der Waals surface area contributed by atoms with Gasteiger partial charge in [-0.25, -0.2) is 0 Å². The Kier molecular flexibility index (Phi) is 5.69. The zero-order chi connectivity index (χ0) is 17.1. The highest BCUT2D eigenvalue weighted by Crippen LogP contribution is 2.41. The summed E-state index contributed by atoms with van der Waals surface area (Å²) in [5, 5.41) is 0. The lowest BCUT2D eigenvalue weighted by Crippen LogP contribution is -1.87. The number of aryl methyl sites for hydroxylation is 2. The number of hydrogen-bond acceptors (Lipinski definition) is 2. The fourth-order valence-corrected chi connectivity index (χ4v) is 4.13. The van der Waals surface area contributed by atoms with Crippen molar-refractivity contribution in [1.82, 2.24) is 0 Å². The molecule has 0 aliphatic rings. The van der Waals surface area contributed by atoms with Crippen LogP contribution in [0.1, 0.15) is 11.1 Å². The first-order valence-electron chi connectivity index (χ1n) is 7.49. The van der Waals surface area contributed by atoms with E-state index in [1.165, 1.54) is 16.0 Å². The topological polar surface area (TPSA) is 9.23 Å². The van der Waals surface area contributed by atoms with E-state index in [0.29, 0.717) is 0 Å². The van der Waals surface area contributed by atoms with Crippen molar-refractivity contribution in [2.75, 3.05) is 0 Å². The Labute approximate surface area is 163 Å². The molecule has 0 amide bonds. The van der Waals surface area contributed by atoms with Crippen molar-refractivity contribution in [3.05, 3.63) is 80.7 Å². The van der Waals surface area contributed by atoms with E-state index in [9.17, 15) is 0 Å². The van der Waals surface area contributed by atoms with Gasteiger partial charge in [-0.3, -0.25) is 0 Å². The lowest BCUT2D eigenvalue weighted by Gasteiger charge is -2.12. The number of benzene rings is 3. The summed E-state index contributed by atoms with van der Waals surface area (Å²) in [4.78, 5) is 2.35. The Bertz CT molecular complexity index is 770. The van der Waals surface area contributed by atoms with E-state index < -0.39 is 0 Å². The van der Waals surface area contributed by atoms with Gasteiger partial charge in [-0.2, -0.15) is 0 Å². The van der Waals surface area contributed by atoms with Gasteiger partial charge in [0.2, 0.25) is 0 Å². The maximum atomic E-state index is 5.98. The third-order valence-corrected chi connectivity index (χ3v) is 6.09. The summed E-state index contributed by atoms with van der Waals surface area (Å²) in [7, 11) is 0. The van der Waals surface area contributed by atoms with E-state index in [1.54, 1.807) is 11.8 Å². The van der Waals surface area contributed by atoms with Crippen molar-refractivity contribution in [3.8, 4) is 11.5 Å². The molecule has 0 atom stereocenters. The van der Waals surface area contributed by atoms with Crippen LogP contribution in [-0.2, 0) is 0 Å². The van der Waals surface area contributed by atoms with Gasteiger partial charge in [-0.15, -0.1) is 0 Å².